The fourth-order valence-electron chi connectivity index (χ4n) is 2.12. The summed E-state index contributed by atoms with van der Waals surface area (Å²) in [6.07, 6.45) is 4.81. The van der Waals surface area contributed by atoms with E-state index >= 15 is 0 Å². The SMILES string of the molecule is Cc1ccc(C)c(C(O)CCc2cccnc2)c1. The second-order valence-corrected chi connectivity index (χ2v) is 4.78. The van der Waals surface area contributed by atoms with Crippen molar-refractivity contribution in [3.63, 3.8) is 0 Å². The first-order valence-electron chi connectivity index (χ1n) is 6.31. The second kappa shape index (κ2) is 5.78. The van der Waals surface area contributed by atoms with Gasteiger partial charge in [-0.25, -0.2) is 0 Å². The molecule has 0 radical (unpaired) electrons. The van der Waals surface area contributed by atoms with E-state index in [1.54, 1.807) is 6.20 Å². The molecule has 0 bridgehead atoms. The number of hydrogen-bond acceptors (Lipinski definition) is 2. The van der Waals surface area contributed by atoms with Gasteiger partial charge in [0.15, 0.2) is 0 Å². The highest BCUT2D eigenvalue weighted by atomic mass is 16.3. The van der Waals surface area contributed by atoms with E-state index in [0.717, 1.165) is 24.0 Å². The molecule has 1 aromatic heterocycles. The van der Waals surface area contributed by atoms with Gasteiger partial charge in [-0.3, -0.25) is 4.98 Å². The summed E-state index contributed by atoms with van der Waals surface area (Å²) in [4.78, 5) is 4.09. The Morgan fingerprint density at radius 2 is 2.06 bits per heavy atom. The zero-order chi connectivity index (χ0) is 13.0. The average Bonchev–Trinajstić information content (AvgIpc) is 2.40. The van der Waals surface area contributed by atoms with Crippen LogP contribution in [0.4, 0.5) is 0 Å². The fourth-order valence-corrected chi connectivity index (χ4v) is 2.12. The summed E-state index contributed by atoms with van der Waals surface area (Å²) in [5, 5.41) is 10.3. The Kier molecular flexibility index (Phi) is 4.11. The van der Waals surface area contributed by atoms with Gasteiger partial charge in [0.2, 0.25) is 0 Å². The van der Waals surface area contributed by atoms with Crippen molar-refractivity contribution in [3.8, 4) is 0 Å². The van der Waals surface area contributed by atoms with E-state index in [1.165, 1.54) is 11.1 Å². The highest BCUT2D eigenvalue weighted by Crippen LogP contribution is 2.23. The van der Waals surface area contributed by atoms with Crippen molar-refractivity contribution < 1.29 is 5.11 Å². The van der Waals surface area contributed by atoms with Gasteiger partial charge in [-0.15, -0.1) is 0 Å². The number of rotatable bonds is 4. The molecule has 1 N–H and O–H groups in total. The third kappa shape index (κ3) is 3.17. The van der Waals surface area contributed by atoms with Gasteiger partial charge in [-0.2, -0.15) is 0 Å². The molecular formula is C16H19NO. The molecular weight excluding hydrogens is 222 g/mol. The Balaban J connectivity index is 2.03. The summed E-state index contributed by atoms with van der Waals surface area (Å²) in [6.45, 7) is 4.10. The van der Waals surface area contributed by atoms with Gasteiger partial charge in [0.1, 0.15) is 0 Å². The van der Waals surface area contributed by atoms with Gasteiger partial charge < -0.3 is 5.11 Å². The van der Waals surface area contributed by atoms with Gasteiger partial charge >= 0.3 is 0 Å². The summed E-state index contributed by atoms with van der Waals surface area (Å²) in [7, 11) is 0. The minimum atomic E-state index is -0.398. The Labute approximate surface area is 108 Å². The summed E-state index contributed by atoms with van der Waals surface area (Å²) in [5.41, 5.74) is 4.55. The van der Waals surface area contributed by atoms with Crippen LogP contribution in [0.2, 0.25) is 0 Å². The molecule has 1 atom stereocenters. The number of aliphatic hydroxyl groups is 1. The zero-order valence-corrected chi connectivity index (χ0v) is 10.9. The Morgan fingerprint density at radius 1 is 1.22 bits per heavy atom. The van der Waals surface area contributed by atoms with Gasteiger partial charge in [0.05, 0.1) is 6.10 Å². The Hall–Kier alpha value is -1.67. The minimum Gasteiger partial charge on any atom is -0.388 e. The molecule has 1 aromatic carbocycles. The maximum absolute atomic E-state index is 10.3. The molecule has 94 valence electrons. The topological polar surface area (TPSA) is 33.1 Å². The standard InChI is InChI=1S/C16H19NO/c1-12-5-6-13(2)15(10-12)16(18)8-7-14-4-3-9-17-11-14/h3-6,9-11,16,18H,7-8H2,1-2H3. The van der Waals surface area contributed by atoms with E-state index in [2.05, 4.69) is 30.1 Å². The van der Waals surface area contributed by atoms with Gasteiger partial charge in [0, 0.05) is 12.4 Å². The third-order valence-corrected chi connectivity index (χ3v) is 3.22. The van der Waals surface area contributed by atoms with E-state index in [4.69, 9.17) is 0 Å². The quantitative estimate of drug-likeness (QED) is 0.890. The van der Waals surface area contributed by atoms with E-state index in [0.29, 0.717) is 0 Å². The molecule has 0 aliphatic carbocycles. The van der Waals surface area contributed by atoms with Crippen LogP contribution in [0.25, 0.3) is 0 Å². The van der Waals surface area contributed by atoms with Gasteiger partial charge in [-0.1, -0.05) is 29.8 Å². The number of benzene rings is 1. The molecule has 2 nitrogen and oxygen atoms in total. The van der Waals surface area contributed by atoms with Crippen LogP contribution in [0.3, 0.4) is 0 Å². The van der Waals surface area contributed by atoms with Crippen LogP contribution in [0.5, 0.6) is 0 Å². The lowest BCUT2D eigenvalue weighted by atomic mass is 9.97. The average molecular weight is 241 g/mol. The molecule has 0 amide bonds. The minimum absolute atomic E-state index is 0.398. The maximum atomic E-state index is 10.3. The monoisotopic (exact) mass is 241 g/mol. The predicted octanol–water partition coefficient (Wildman–Crippen LogP) is 3.36. The molecule has 2 heteroatoms. The van der Waals surface area contributed by atoms with E-state index in [9.17, 15) is 5.11 Å². The first-order valence-corrected chi connectivity index (χ1v) is 6.31. The van der Waals surface area contributed by atoms with Crippen molar-refractivity contribution in [2.24, 2.45) is 0 Å². The van der Waals surface area contributed by atoms with Gasteiger partial charge in [-0.05, 0) is 49.4 Å². The summed E-state index contributed by atoms with van der Waals surface area (Å²) < 4.78 is 0. The molecule has 18 heavy (non-hydrogen) atoms. The van der Waals surface area contributed by atoms with E-state index in [1.807, 2.05) is 25.3 Å². The fraction of sp³-hybridized carbons (Fsp3) is 0.312. The number of nitrogens with zero attached hydrogens (tertiary/aromatic N) is 1. The number of aliphatic hydroxyl groups excluding tert-OH is 1. The van der Waals surface area contributed by atoms with Crippen LogP contribution < -0.4 is 0 Å². The van der Waals surface area contributed by atoms with Crippen LogP contribution >= 0.6 is 0 Å². The summed E-state index contributed by atoms with van der Waals surface area (Å²) in [5.74, 6) is 0. The van der Waals surface area contributed by atoms with Crippen molar-refractivity contribution in [2.45, 2.75) is 32.8 Å². The summed E-state index contributed by atoms with van der Waals surface area (Å²) >= 11 is 0. The highest BCUT2D eigenvalue weighted by molar-refractivity contribution is 5.32. The van der Waals surface area contributed by atoms with Crippen LogP contribution in [-0.4, -0.2) is 10.1 Å². The molecule has 2 rings (SSSR count). The van der Waals surface area contributed by atoms with Gasteiger partial charge in [0.25, 0.3) is 0 Å². The molecule has 0 aliphatic heterocycles. The first-order chi connectivity index (χ1) is 8.66. The predicted molar refractivity (Wildman–Crippen MR) is 73.4 cm³/mol. The van der Waals surface area contributed by atoms with Crippen LogP contribution in [-0.2, 0) is 6.42 Å². The van der Waals surface area contributed by atoms with Crippen molar-refractivity contribution in [2.75, 3.05) is 0 Å². The van der Waals surface area contributed by atoms with Crippen LogP contribution in [0, 0.1) is 13.8 Å². The van der Waals surface area contributed by atoms with Crippen molar-refractivity contribution in [3.05, 3.63) is 65.0 Å². The normalized spacial score (nSPS) is 12.4. The molecule has 0 aliphatic rings. The molecule has 2 aromatic rings. The highest BCUT2D eigenvalue weighted by Gasteiger charge is 2.10. The summed E-state index contributed by atoms with van der Waals surface area (Å²) in [6, 6.07) is 10.2. The smallest absolute Gasteiger partial charge is 0.0795 e. The lowest BCUT2D eigenvalue weighted by Gasteiger charge is -2.14. The van der Waals surface area contributed by atoms with E-state index < -0.39 is 6.10 Å². The Bertz CT molecular complexity index is 508. The van der Waals surface area contributed by atoms with Crippen molar-refractivity contribution in [1.82, 2.24) is 4.98 Å². The zero-order valence-electron chi connectivity index (χ0n) is 10.9. The van der Waals surface area contributed by atoms with Crippen LogP contribution in [0.1, 0.15) is 34.8 Å². The van der Waals surface area contributed by atoms with Crippen molar-refractivity contribution >= 4 is 0 Å². The third-order valence-electron chi connectivity index (χ3n) is 3.22. The van der Waals surface area contributed by atoms with E-state index in [-0.39, 0.29) is 0 Å². The molecule has 0 fully saturated rings. The molecule has 0 spiro atoms. The molecule has 1 unspecified atom stereocenters. The maximum Gasteiger partial charge on any atom is 0.0795 e. The van der Waals surface area contributed by atoms with Crippen molar-refractivity contribution in [1.29, 1.82) is 0 Å². The number of aryl methyl sites for hydroxylation is 3. The first kappa shape index (κ1) is 12.8. The largest absolute Gasteiger partial charge is 0.388 e. The number of hydrogen-bond donors (Lipinski definition) is 1. The molecule has 1 heterocycles. The lowest BCUT2D eigenvalue weighted by molar-refractivity contribution is 0.167. The lowest BCUT2D eigenvalue weighted by Crippen LogP contribution is -2.02. The number of aromatic nitrogens is 1. The van der Waals surface area contributed by atoms with Crippen LogP contribution in [0.15, 0.2) is 42.7 Å². The second-order valence-electron chi connectivity index (χ2n) is 4.78. The number of pyridine rings is 1. The molecule has 0 saturated heterocycles. The Morgan fingerprint density at radius 3 is 2.78 bits per heavy atom. The molecule has 0 saturated carbocycles.